The minimum absolute atomic E-state index is 0.0133. The van der Waals surface area contributed by atoms with Gasteiger partial charge in [0.25, 0.3) is 5.91 Å². The van der Waals surface area contributed by atoms with E-state index in [1.54, 1.807) is 18.0 Å². The van der Waals surface area contributed by atoms with Gasteiger partial charge in [0.05, 0.1) is 12.1 Å². The van der Waals surface area contributed by atoms with Crippen LogP contribution in [0.15, 0.2) is 27.1 Å². The molecule has 0 spiro atoms. The van der Waals surface area contributed by atoms with Crippen molar-refractivity contribution in [1.29, 1.82) is 0 Å². The molecule has 1 heterocycles. The van der Waals surface area contributed by atoms with E-state index in [9.17, 15) is 9.59 Å². The van der Waals surface area contributed by atoms with E-state index >= 15 is 0 Å². The van der Waals surface area contributed by atoms with Crippen molar-refractivity contribution in [2.75, 3.05) is 39.8 Å². The molecule has 21 heavy (non-hydrogen) atoms. The van der Waals surface area contributed by atoms with Gasteiger partial charge in [-0.25, -0.2) is 0 Å². The zero-order valence-electron chi connectivity index (χ0n) is 11.7. The lowest BCUT2D eigenvalue weighted by molar-refractivity contribution is -0.132. The molecule has 0 aliphatic carbocycles. The number of rotatable bonds is 3. The third kappa shape index (κ3) is 4.28. The molecule has 114 valence electrons. The lowest BCUT2D eigenvalue weighted by atomic mass is 10.2. The number of piperazine rings is 1. The highest BCUT2D eigenvalue weighted by atomic mass is 79.9. The maximum atomic E-state index is 12.4. The van der Waals surface area contributed by atoms with Crippen LogP contribution in [0.2, 0.25) is 0 Å². The van der Waals surface area contributed by atoms with Crippen LogP contribution in [0.1, 0.15) is 10.4 Å². The third-order valence-electron chi connectivity index (χ3n) is 3.35. The zero-order chi connectivity index (χ0) is 15.4. The molecule has 1 aromatic rings. The van der Waals surface area contributed by atoms with Crippen molar-refractivity contribution < 1.29 is 9.59 Å². The molecule has 0 atom stereocenters. The van der Waals surface area contributed by atoms with Crippen molar-refractivity contribution in [3.63, 3.8) is 0 Å². The smallest absolute Gasteiger partial charge is 0.255 e. The highest BCUT2D eigenvalue weighted by Crippen LogP contribution is 2.22. The van der Waals surface area contributed by atoms with E-state index in [1.807, 2.05) is 12.1 Å². The first kappa shape index (κ1) is 16.5. The van der Waals surface area contributed by atoms with E-state index in [0.29, 0.717) is 23.1 Å². The standard InChI is InChI=1S/C14H17Br2N3O2/c1-18(9-13(20)19-6-4-17-5-7-19)14(21)11-3-2-10(15)8-12(11)16/h2-3,8,17H,4-7,9H2,1H3. The zero-order valence-corrected chi connectivity index (χ0v) is 14.9. The molecule has 1 aliphatic rings. The molecule has 0 aromatic heterocycles. The molecular weight excluding hydrogens is 402 g/mol. The number of halogens is 2. The fourth-order valence-corrected chi connectivity index (χ4v) is 3.37. The lowest BCUT2D eigenvalue weighted by Crippen LogP contribution is -2.49. The highest BCUT2D eigenvalue weighted by Gasteiger charge is 2.21. The number of benzene rings is 1. The number of carbonyl (C=O) groups excluding carboxylic acids is 2. The summed E-state index contributed by atoms with van der Waals surface area (Å²) in [5.74, 6) is -0.182. The second kappa shape index (κ2) is 7.38. The summed E-state index contributed by atoms with van der Waals surface area (Å²) >= 11 is 6.73. The monoisotopic (exact) mass is 417 g/mol. The van der Waals surface area contributed by atoms with E-state index in [0.717, 1.165) is 17.6 Å². The van der Waals surface area contributed by atoms with Gasteiger partial charge in [-0.2, -0.15) is 0 Å². The van der Waals surface area contributed by atoms with Crippen molar-refractivity contribution in [2.24, 2.45) is 0 Å². The summed E-state index contributed by atoms with van der Waals surface area (Å²) in [5.41, 5.74) is 0.550. The van der Waals surface area contributed by atoms with Crippen LogP contribution in [0.4, 0.5) is 0 Å². The van der Waals surface area contributed by atoms with Gasteiger partial charge in [-0.3, -0.25) is 9.59 Å². The Bertz CT molecular complexity index is 545. The molecule has 0 bridgehead atoms. The van der Waals surface area contributed by atoms with Crippen molar-refractivity contribution in [3.05, 3.63) is 32.7 Å². The first-order valence-corrected chi connectivity index (χ1v) is 8.26. The average Bonchev–Trinajstić information content (AvgIpc) is 2.47. The van der Waals surface area contributed by atoms with Crippen molar-refractivity contribution in [1.82, 2.24) is 15.1 Å². The number of nitrogens with zero attached hydrogens (tertiary/aromatic N) is 2. The number of nitrogens with one attached hydrogen (secondary N) is 1. The molecule has 1 N–H and O–H groups in total. The normalized spacial score (nSPS) is 14.9. The van der Waals surface area contributed by atoms with Crippen LogP contribution >= 0.6 is 31.9 Å². The Morgan fingerprint density at radius 2 is 1.95 bits per heavy atom. The Kier molecular flexibility index (Phi) is 5.78. The van der Waals surface area contributed by atoms with E-state index in [-0.39, 0.29) is 18.4 Å². The first-order chi connectivity index (χ1) is 9.99. The van der Waals surface area contributed by atoms with E-state index in [2.05, 4.69) is 37.2 Å². The highest BCUT2D eigenvalue weighted by molar-refractivity contribution is 9.11. The molecule has 2 amide bonds. The fraction of sp³-hybridized carbons (Fsp3) is 0.429. The summed E-state index contributed by atoms with van der Waals surface area (Å²) in [6.45, 7) is 3.11. The predicted molar refractivity (Wildman–Crippen MR) is 88.3 cm³/mol. The van der Waals surface area contributed by atoms with Crippen LogP contribution in [-0.2, 0) is 4.79 Å². The molecule has 1 saturated heterocycles. The molecule has 2 rings (SSSR count). The number of carbonyl (C=O) groups is 2. The average molecular weight is 419 g/mol. The fourth-order valence-electron chi connectivity index (χ4n) is 2.16. The van der Waals surface area contributed by atoms with Gasteiger partial charge in [-0.05, 0) is 34.1 Å². The number of likely N-dealkylation sites (N-methyl/N-ethyl adjacent to an activating group) is 1. The Labute approximate surface area is 140 Å². The Balaban J connectivity index is 2.00. The number of hydrogen-bond acceptors (Lipinski definition) is 3. The molecule has 7 heteroatoms. The van der Waals surface area contributed by atoms with E-state index < -0.39 is 0 Å². The maximum Gasteiger partial charge on any atom is 0.255 e. The summed E-state index contributed by atoms with van der Waals surface area (Å²) in [6.07, 6.45) is 0. The van der Waals surface area contributed by atoms with Gasteiger partial charge in [-0.1, -0.05) is 15.9 Å². The van der Waals surface area contributed by atoms with Crippen molar-refractivity contribution in [3.8, 4) is 0 Å². The molecule has 5 nitrogen and oxygen atoms in total. The van der Waals surface area contributed by atoms with Crippen LogP contribution in [0.25, 0.3) is 0 Å². The summed E-state index contributed by atoms with van der Waals surface area (Å²) in [5, 5.41) is 3.20. The molecular formula is C14H17Br2N3O2. The third-order valence-corrected chi connectivity index (χ3v) is 4.50. The molecule has 1 aromatic carbocycles. The molecule has 1 fully saturated rings. The van der Waals surface area contributed by atoms with Crippen molar-refractivity contribution in [2.45, 2.75) is 0 Å². The van der Waals surface area contributed by atoms with Crippen LogP contribution in [0.3, 0.4) is 0 Å². The van der Waals surface area contributed by atoms with Crippen LogP contribution in [0.5, 0.6) is 0 Å². The van der Waals surface area contributed by atoms with Gasteiger partial charge in [-0.15, -0.1) is 0 Å². The quantitative estimate of drug-likeness (QED) is 0.812. The van der Waals surface area contributed by atoms with Crippen LogP contribution in [-0.4, -0.2) is 61.4 Å². The molecule has 0 radical (unpaired) electrons. The van der Waals surface area contributed by atoms with Crippen molar-refractivity contribution >= 4 is 43.7 Å². The predicted octanol–water partition coefficient (Wildman–Crippen LogP) is 1.72. The van der Waals surface area contributed by atoms with Gasteiger partial charge in [0.15, 0.2) is 0 Å². The van der Waals surface area contributed by atoms with Gasteiger partial charge >= 0.3 is 0 Å². The summed E-state index contributed by atoms with van der Waals surface area (Å²) in [7, 11) is 1.65. The Morgan fingerprint density at radius 3 is 2.57 bits per heavy atom. The SMILES string of the molecule is CN(CC(=O)N1CCNCC1)C(=O)c1ccc(Br)cc1Br. The van der Waals surface area contributed by atoms with Gasteiger partial charge in [0.2, 0.25) is 5.91 Å². The lowest BCUT2D eigenvalue weighted by Gasteiger charge is -2.29. The summed E-state index contributed by atoms with van der Waals surface area (Å²) < 4.78 is 1.61. The second-order valence-corrected chi connectivity index (χ2v) is 6.69. The summed E-state index contributed by atoms with van der Waals surface area (Å²) in [4.78, 5) is 27.8. The number of hydrogen-bond donors (Lipinski definition) is 1. The van der Waals surface area contributed by atoms with E-state index in [1.165, 1.54) is 4.90 Å². The minimum atomic E-state index is -0.169. The van der Waals surface area contributed by atoms with Gasteiger partial charge in [0, 0.05) is 42.2 Å². The van der Waals surface area contributed by atoms with Gasteiger partial charge < -0.3 is 15.1 Å². The minimum Gasteiger partial charge on any atom is -0.339 e. The topological polar surface area (TPSA) is 52.7 Å². The summed E-state index contributed by atoms with van der Waals surface area (Å²) in [6, 6.07) is 5.37. The second-order valence-electron chi connectivity index (χ2n) is 4.92. The Hall–Kier alpha value is -0.920. The molecule has 0 saturated carbocycles. The van der Waals surface area contributed by atoms with Crippen LogP contribution < -0.4 is 5.32 Å². The first-order valence-electron chi connectivity index (χ1n) is 6.68. The van der Waals surface area contributed by atoms with Crippen LogP contribution in [0, 0.1) is 0 Å². The molecule has 1 aliphatic heterocycles. The van der Waals surface area contributed by atoms with Gasteiger partial charge in [0.1, 0.15) is 0 Å². The Morgan fingerprint density at radius 1 is 1.29 bits per heavy atom. The maximum absolute atomic E-state index is 12.4. The largest absolute Gasteiger partial charge is 0.339 e. The molecule has 0 unspecified atom stereocenters. The number of amides is 2. The van der Waals surface area contributed by atoms with E-state index in [4.69, 9.17) is 0 Å².